The average molecular weight is 337 g/mol. The maximum atomic E-state index is 13.6. The number of piperazine rings is 1. The van der Waals surface area contributed by atoms with Crippen LogP contribution in [0.1, 0.15) is 43.4 Å². The third-order valence-electron chi connectivity index (χ3n) is 4.02. The Balaban J connectivity index is 0.00000200. The highest BCUT2D eigenvalue weighted by Gasteiger charge is 2.23. The van der Waals surface area contributed by atoms with Crippen LogP contribution in [0.3, 0.4) is 0 Å². The topological polar surface area (TPSA) is 15.3 Å². The molecule has 0 saturated carbocycles. The first kappa shape index (κ1) is 20.6. The predicted molar refractivity (Wildman–Crippen MR) is 92.3 cm³/mol. The van der Waals surface area contributed by atoms with Crippen LogP contribution >= 0.6 is 24.8 Å². The molecule has 1 aromatic rings. The lowest BCUT2D eigenvalue weighted by molar-refractivity contribution is 0.162. The molecular weight excluding hydrogens is 310 g/mol. The van der Waals surface area contributed by atoms with Crippen LogP contribution in [0.25, 0.3) is 0 Å². The van der Waals surface area contributed by atoms with E-state index in [0.29, 0.717) is 6.04 Å². The molecule has 1 aromatic carbocycles. The Bertz CT molecular complexity index is 409. The molecule has 0 aromatic heterocycles. The predicted octanol–water partition coefficient (Wildman–Crippen LogP) is 4.11. The fourth-order valence-corrected chi connectivity index (χ4v) is 2.90. The van der Waals surface area contributed by atoms with E-state index in [1.54, 1.807) is 12.1 Å². The van der Waals surface area contributed by atoms with Crippen molar-refractivity contribution in [1.29, 1.82) is 0 Å². The van der Waals surface area contributed by atoms with Crippen molar-refractivity contribution in [2.45, 2.75) is 39.2 Å². The summed E-state index contributed by atoms with van der Waals surface area (Å²) in [5.41, 5.74) is 2.39. The summed E-state index contributed by atoms with van der Waals surface area (Å²) in [6.45, 7) is 8.51. The van der Waals surface area contributed by atoms with Crippen molar-refractivity contribution in [2.24, 2.45) is 0 Å². The third-order valence-corrected chi connectivity index (χ3v) is 4.02. The van der Waals surface area contributed by atoms with Crippen molar-refractivity contribution in [3.05, 3.63) is 35.1 Å². The molecule has 0 spiro atoms. The summed E-state index contributed by atoms with van der Waals surface area (Å²) in [5.74, 6) is -0.114. The smallest absolute Gasteiger partial charge is 0.123 e. The summed E-state index contributed by atoms with van der Waals surface area (Å²) >= 11 is 0. The number of unbranched alkanes of at least 4 members (excludes halogenated alkanes) is 1. The molecule has 5 heteroatoms. The molecule has 0 bridgehead atoms. The monoisotopic (exact) mass is 336 g/mol. The fourth-order valence-electron chi connectivity index (χ4n) is 2.90. The molecule has 1 saturated heterocycles. The number of halogens is 3. The lowest BCUT2D eigenvalue weighted by atomic mass is 9.95. The van der Waals surface area contributed by atoms with E-state index in [-0.39, 0.29) is 30.6 Å². The summed E-state index contributed by atoms with van der Waals surface area (Å²) < 4.78 is 13.6. The average Bonchev–Trinajstić information content (AvgIpc) is 2.44. The summed E-state index contributed by atoms with van der Waals surface area (Å²) in [5, 5.41) is 3.39. The first-order valence-corrected chi connectivity index (χ1v) is 7.43. The van der Waals surface area contributed by atoms with E-state index >= 15 is 0 Å². The number of hydrogen-bond acceptors (Lipinski definition) is 2. The highest BCUT2D eigenvalue weighted by atomic mass is 35.5. The van der Waals surface area contributed by atoms with E-state index in [4.69, 9.17) is 0 Å². The summed E-state index contributed by atoms with van der Waals surface area (Å²) in [6, 6.07) is 5.58. The Labute approximate surface area is 140 Å². The minimum atomic E-state index is -0.114. The number of nitrogens with one attached hydrogen (secondary N) is 1. The normalized spacial score (nSPS) is 16.7. The van der Waals surface area contributed by atoms with Crippen molar-refractivity contribution in [2.75, 3.05) is 26.2 Å². The van der Waals surface area contributed by atoms with E-state index in [1.165, 1.54) is 24.0 Å². The van der Waals surface area contributed by atoms with Crippen LogP contribution in [0, 0.1) is 12.7 Å². The number of rotatable bonds is 5. The van der Waals surface area contributed by atoms with Crippen LogP contribution in [0.5, 0.6) is 0 Å². The molecule has 0 aliphatic carbocycles. The van der Waals surface area contributed by atoms with E-state index in [1.807, 2.05) is 6.07 Å². The third kappa shape index (κ3) is 5.74. The molecule has 1 aliphatic heterocycles. The minimum absolute atomic E-state index is 0. The number of nitrogens with zero attached hydrogens (tertiary/aromatic N) is 1. The Morgan fingerprint density at radius 1 is 1.24 bits per heavy atom. The Morgan fingerprint density at radius 2 is 1.90 bits per heavy atom. The van der Waals surface area contributed by atoms with Gasteiger partial charge in [-0.1, -0.05) is 25.8 Å². The van der Waals surface area contributed by atoms with Gasteiger partial charge in [-0.3, -0.25) is 4.90 Å². The van der Waals surface area contributed by atoms with Gasteiger partial charge >= 0.3 is 0 Å². The Hall–Kier alpha value is -0.350. The van der Waals surface area contributed by atoms with Crippen molar-refractivity contribution in [3.63, 3.8) is 0 Å². The van der Waals surface area contributed by atoms with Crippen molar-refractivity contribution in [3.8, 4) is 0 Å². The van der Waals surface area contributed by atoms with Crippen molar-refractivity contribution >= 4 is 24.8 Å². The van der Waals surface area contributed by atoms with Gasteiger partial charge in [0.05, 0.1) is 0 Å². The molecule has 0 amide bonds. The zero-order valence-corrected chi connectivity index (χ0v) is 14.5. The summed E-state index contributed by atoms with van der Waals surface area (Å²) in [4.78, 5) is 2.51. The number of benzene rings is 1. The lowest BCUT2D eigenvalue weighted by Crippen LogP contribution is -2.45. The molecule has 2 rings (SSSR count). The zero-order valence-electron chi connectivity index (χ0n) is 12.9. The lowest BCUT2D eigenvalue weighted by Gasteiger charge is -2.36. The van der Waals surface area contributed by atoms with Gasteiger partial charge in [-0.2, -0.15) is 0 Å². The second-order valence-electron chi connectivity index (χ2n) is 5.44. The van der Waals surface area contributed by atoms with Gasteiger partial charge in [-0.15, -0.1) is 24.8 Å². The summed E-state index contributed by atoms with van der Waals surface area (Å²) in [7, 11) is 0. The van der Waals surface area contributed by atoms with Crippen molar-refractivity contribution < 1.29 is 4.39 Å². The van der Waals surface area contributed by atoms with Gasteiger partial charge in [-0.25, -0.2) is 4.39 Å². The van der Waals surface area contributed by atoms with Gasteiger partial charge in [0.1, 0.15) is 5.82 Å². The molecule has 2 nitrogen and oxygen atoms in total. The molecule has 122 valence electrons. The van der Waals surface area contributed by atoms with Gasteiger partial charge in [-0.05, 0) is 36.6 Å². The van der Waals surface area contributed by atoms with Crippen LogP contribution in [0.4, 0.5) is 4.39 Å². The number of aryl methyl sites for hydroxylation is 1. The molecule has 0 radical (unpaired) electrons. The minimum Gasteiger partial charge on any atom is -0.314 e. The van der Waals surface area contributed by atoms with Crippen molar-refractivity contribution in [1.82, 2.24) is 10.2 Å². The molecule has 1 heterocycles. The molecule has 1 N–H and O–H groups in total. The largest absolute Gasteiger partial charge is 0.314 e. The Kier molecular flexibility index (Phi) is 10.2. The highest BCUT2D eigenvalue weighted by Crippen LogP contribution is 2.29. The SMILES string of the molecule is CCCC[C@@H](c1cc(F)ccc1C)N1CCNCC1.Cl.Cl. The molecule has 1 atom stereocenters. The van der Waals surface area contributed by atoms with Crippen LogP contribution in [-0.2, 0) is 0 Å². The number of hydrogen-bond donors (Lipinski definition) is 1. The van der Waals surface area contributed by atoms with Crippen LogP contribution in [0.2, 0.25) is 0 Å². The van der Waals surface area contributed by atoms with Gasteiger partial charge in [0.2, 0.25) is 0 Å². The van der Waals surface area contributed by atoms with E-state index in [0.717, 1.165) is 32.6 Å². The molecule has 1 aliphatic rings. The van der Waals surface area contributed by atoms with Gasteiger partial charge in [0.15, 0.2) is 0 Å². The maximum absolute atomic E-state index is 13.6. The van der Waals surface area contributed by atoms with Crippen LogP contribution in [0.15, 0.2) is 18.2 Å². The van der Waals surface area contributed by atoms with E-state index in [2.05, 4.69) is 24.1 Å². The van der Waals surface area contributed by atoms with Gasteiger partial charge in [0, 0.05) is 32.2 Å². The molecular formula is C16H27Cl2FN2. The van der Waals surface area contributed by atoms with Crippen LogP contribution < -0.4 is 5.32 Å². The molecule has 0 unspecified atom stereocenters. The van der Waals surface area contributed by atoms with E-state index in [9.17, 15) is 4.39 Å². The standard InChI is InChI=1S/C16H25FN2.2ClH/c1-3-4-5-16(19-10-8-18-9-11-19)15-12-14(17)7-6-13(15)2;;/h6-7,12,16,18H,3-5,8-11H2,1-2H3;2*1H/t16-;;/m0../s1. The second-order valence-corrected chi connectivity index (χ2v) is 5.44. The second kappa shape index (κ2) is 10.4. The first-order valence-electron chi connectivity index (χ1n) is 7.43. The molecule has 1 fully saturated rings. The van der Waals surface area contributed by atoms with Crippen LogP contribution in [-0.4, -0.2) is 31.1 Å². The van der Waals surface area contributed by atoms with Gasteiger partial charge < -0.3 is 5.32 Å². The quantitative estimate of drug-likeness (QED) is 0.870. The Morgan fingerprint density at radius 3 is 2.52 bits per heavy atom. The maximum Gasteiger partial charge on any atom is 0.123 e. The first-order chi connectivity index (χ1) is 9.22. The highest BCUT2D eigenvalue weighted by molar-refractivity contribution is 5.85. The zero-order chi connectivity index (χ0) is 13.7. The van der Waals surface area contributed by atoms with Gasteiger partial charge in [0.25, 0.3) is 0 Å². The van der Waals surface area contributed by atoms with E-state index < -0.39 is 0 Å². The summed E-state index contributed by atoms with van der Waals surface area (Å²) in [6.07, 6.45) is 3.52. The fraction of sp³-hybridized carbons (Fsp3) is 0.625. The molecule has 21 heavy (non-hydrogen) atoms.